The van der Waals surface area contributed by atoms with Crippen LogP contribution in [0.15, 0.2) is 22.6 Å². The first-order chi connectivity index (χ1) is 13.1. The second kappa shape index (κ2) is 7.68. The van der Waals surface area contributed by atoms with E-state index in [1.54, 1.807) is 12.1 Å². The number of halogens is 1. The van der Waals surface area contributed by atoms with Gasteiger partial charge in [-0.05, 0) is 43.9 Å². The predicted molar refractivity (Wildman–Crippen MR) is 105 cm³/mol. The lowest BCUT2D eigenvalue weighted by atomic mass is 9.87. The zero-order valence-corrected chi connectivity index (χ0v) is 16.2. The van der Waals surface area contributed by atoms with Crippen LogP contribution in [0.1, 0.15) is 38.5 Å². The predicted octanol–water partition coefficient (Wildman–Crippen LogP) is 3.37. The first-order valence-corrected chi connectivity index (χ1v) is 10.2. The van der Waals surface area contributed by atoms with Gasteiger partial charge in [-0.1, -0.05) is 24.4 Å². The molecule has 7 heteroatoms. The second-order valence-electron chi connectivity index (χ2n) is 7.98. The molecule has 1 aromatic carbocycles. The third-order valence-electron chi connectivity index (χ3n) is 6.04. The van der Waals surface area contributed by atoms with Crippen LogP contribution in [0.2, 0.25) is 5.02 Å². The van der Waals surface area contributed by atoms with E-state index in [1.165, 1.54) is 0 Å². The van der Waals surface area contributed by atoms with Crippen molar-refractivity contribution in [2.24, 2.45) is 11.3 Å². The standard InChI is InChI=1S/C20H26ClN3O3/c21-15-5-6-17-16(10-15)23-19(27-17)24-9-3-4-14(11-24)18(26)22-12-20(13-25)7-1-2-8-20/h5-6,10,14,25H,1-4,7-9,11-13H2,(H,22,26). The molecule has 27 heavy (non-hydrogen) atoms. The number of oxazole rings is 1. The van der Waals surface area contributed by atoms with E-state index in [0.717, 1.165) is 50.6 Å². The lowest BCUT2D eigenvalue weighted by molar-refractivity contribution is -0.125. The third-order valence-corrected chi connectivity index (χ3v) is 6.27. The minimum Gasteiger partial charge on any atom is -0.423 e. The van der Waals surface area contributed by atoms with Crippen molar-refractivity contribution in [3.63, 3.8) is 0 Å². The summed E-state index contributed by atoms with van der Waals surface area (Å²) in [6.45, 7) is 2.14. The number of nitrogens with one attached hydrogen (secondary N) is 1. The number of anilines is 1. The Kier molecular flexibility index (Phi) is 5.28. The summed E-state index contributed by atoms with van der Waals surface area (Å²) in [6.07, 6.45) is 6.03. The summed E-state index contributed by atoms with van der Waals surface area (Å²) in [6, 6.07) is 5.93. The van der Waals surface area contributed by atoms with Gasteiger partial charge in [0.2, 0.25) is 5.91 Å². The van der Waals surface area contributed by atoms with Gasteiger partial charge in [-0.15, -0.1) is 0 Å². The van der Waals surface area contributed by atoms with Crippen LogP contribution in [0.5, 0.6) is 0 Å². The highest BCUT2D eigenvalue weighted by Gasteiger charge is 2.35. The molecule has 6 nitrogen and oxygen atoms in total. The molecule has 146 valence electrons. The number of nitrogens with zero attached hydrogens (tertiary/aromatic N) is 2. The summed E-state index contributed by atoms with van der Waals surface area (Å²) in [5.74, 6) is -0.0203. The van der Waals surface area contributed by atoms with E-state index >= 15 is 0 Å². The summed E-state index contributed by atoms with van der Waals surface area (Å²) in [4.78, 5) is 19.3. The number of fused-ring (bicyclic) bond motifs is 1. The van der Waals surface area contributed by atoms with Crippen LogP contribution in [0.4, 0.5) is 6.01 Å². The van der Waals surface area contributed by atoms with E-state index in [1.807, 2.05) is 11.0 Å². The fourth-order valence-electron chi connectivity index (χ4n) is 4.32. The zero-order valence-electron chi connectivity index (χ0n) is 15.4. The molecule has 1 aliphatic carbocycles. The minimum absolute atomic E-state index is 0.0681. The molecule has 1 unspecified atom stereocenters. The highest BCUT2D eigenvalue weighted by molar-refractivity contribution is 6.31. The Morgan fingerprint density at radius 3 is 2.96 bits per heavy atom. The van der Waals surface area contributed by atoms with Crippen molar-refractivity contribution in [3.05, 3.63) is 23.2 Å². The number of hydrogen-bond donors (Lipinski definition) is 2. The molecular formula is C20H26ClN3O3. The minimum atomic E-state index is -0.121. The van der Waals surface area contributed by atoms with Crippen molar-refractivity contribution in [3.8, 4) is 0 Å². The topological polar surface area (TPSA) is 78.6 Å². The summed E-state index contributed by atoms with van der Waals surface area (Å²) in [5, 5.41) is 13.5. The maximum Gasteiger partial charge on any atom is 0.298 e. The van der Waals surface area contributed by atoms with E-state index < -0.39 is 0 Å². The summed E-state index contributed by atoms with van der Waals surface area (Å²) >= 11 is 6.02. The van der Waals surface area contributed by atoms with Gasteiger partial charge < -0.3 is 19.7 Å². The van der Waals surface area contributed by atoms with Crippen molar-refractivity contribution in [2.45, 2.75) is 38.5 Å². The average Bonchev–Trinajstić information content (AvgIpc) is 3.33. The fraction of sp³-hybridized carbons (Fsp3) is 0.600. The monoisotopic (exact) mass is 391 g/mol. The SMILES string of the molecule is O=C(NCC1(CO)CCCC1)C1CCCN(c2nc3cc(Cl)ccc3o2)C1. The van der Waals surface area contributed by atoms with Crippen molar-refractivity contribution in [1.29, 1.82) is 0 Å². The Balaban J connectivity index is 1.40. The number of aliphatic hydroxyl groups excluding tert-OH is 1. The molecule has 0 bridgehead atoms. The van der Waals surface area contributed by atoms with Gasteiger partial charge in [-0.3, -0.25) is 4.79 Å². The Hall–Kier alpha value is -1.79. The lowest BCUT2D eigenvalue weighted by Crippen LogP contribution is -2.46. The van der Waals surface area contributed by atoms with Gasteiger partial charge in [0.1, 0.15) is 5.52 Å². The van der Waals surface area contributed by atoms with Crippen LogP contribution in [-0.2, 0) is 4.79 Å². The molecule has 1 aromatic heterocycles. The molecule has 1 amide bonds. The van der Waals surface area contributed by atoms with Crippen molar-refractivity contribution < 1.29 is 14.3 Å². The van der Waals surface area contributed by atoms with Crippen molar-refractivity contribution in [2.75, 3.05) is 31.1 Å². The van der Waals surface area contributed by atoms with Gasteiger partial charge in [-0.25, -0.2) is 0 Å². The maximum atomic E-state index is 12.7. The number of aliphatic hydroxyl groups is 1. The second-order valence-corrected chi connectivity index (χ2v) is 8.41. The van der Waals surface area contributed by atoms with Gasteiger partial charge in [0.15, 0.2) is 5.58 Å². The average molecular weight is 392 g/mol. The Morgan fingerprint density at radius 2 is 2.19 bits per heavy atom. The molecular weight excluding hydrogens is 366 g/mol. The zero-order chi connectivity index (χ0) is 18.9. The number of carbonyl (C=O) groups is 1. The van der Waals surface area contributed by atoms with Crippen molar-refractivity contribution in [1.82, 2.24) is 10.3 Å². The van der Waals surface area contributed by atoms with Gasteiger partial charge in [0.05, 0.1) is 12.5 Å². The summed E-state index contributed by atoms with van der Waals surface area (Å²) < 4.78 is 5.86. The first-order valence-electron chi connectivity index (χ1n) is 9.78. The first kappa shape index (κ1) is 18.6. The number of benzene rings is 1. The number of piperidine rings is 1. The van der Waals surface area contributed by atoms with Gasteiger partial charge >= 0.3 is 0 Å². The summed E-state index contributed by atoms with van der Waals surface area (Å²) in [5.41, 5.74) is 1.31. The highest BCUT2D eigenvalue weighted by Crippen LogP contribution is 2.37. The Bertz CT molecular complexity index is 816. The van der Waals surface area contributed by atoms with E-state index in [-0.39, 0.29) is 23.8 Å². The molecule has 2 aromatic rings. The normalized spacial score (nSPS) is 22.3. The summed E-state index contributed by atoms with van der Waals surface area (Å²) in [7, 11) is 0. The van der Waals surface area contributed by atoms with Crippen LogP contribution in [0.25, 0.3) is 11.1 Å². The van der Waals surface area contributed by atoms with Crippen LogP contribution in [0.3, 0.4) is 0 Å². The quantitative estimate of drug-likeness (QED) is 0.817. The van der Waals surface area contributed by atoms with Crippen LogP contribution < -0.4 is 10.2 Å². The highest BCUT2D eigenvalue weighted by atomic mass is 35.5. The molecule has 1 saturated carbocycles. The molecule has 2 aliphatic rings. The number of carbonyl (C=O) groups excluding carboxylic acids is 1. The molecule has 2 heterocycles. The molecule has 0 spiro atoms. The molecule has 1 saturated heterocycles. The van der Waals surface area contributed by atoms with E-state index in [0.29, 0.717) is 29.7 Å². The largest absolute Gasteiger partial charge is 0.423 e. The smallest absolute Gasteiger partial charge is 0.298 e. The van der Waals surface area contributed by atoms with Gasteiger partial charge in [-0.2, -0.15) is 4.98 Å². The van der Waals surface area contributed by atoms with Gasteiger partial charge in [0.25, 0.3) is 6.01 Å². The molecule has 2 N–H and O–H groups in total. The molecule has 0 radical (unpaired) electrons. The fourth-order valence-corrected chi connectivity index (χ4v) is 4.49. The van der Waals surface area contributed by atoms with Crippen LogP contribution in [-0.4, -0.2) is 42.2 Å². The number of aromatic nitrogens is 1. The number of amides is 1. The molecule has 1 aliphatic heterocycles. The number of rotatable bonds is 5. The van der Waals surface area contributed by atoms with E-state index in [4.69, 9.17) is 16.0 Å². The third kappa shape index (κ3) is 3.92. The molecule has 2 fully saturated rings. The maximum absolute atomic E-state index is 12.7. The van der Waals surface area contributed by atoms with Crippen LogP contribution >= 0.6 is 11.6 Å². The molecule has 1 atom stereocenters. The Labute approximate surface area is 163 Å². The van der Waals surface area contributed by atoms with E-state index in [2.05, 4.69) is 10.3 Å². The Morgan fingerprint density at radius 1 is 1.37 bits per heavy atom. The molecule has 4 rings (SSSR count). The van der Waals surface area contributed by atoms with Crippen LogP contribution in [0, 0.1) is 11.3 Å². The van der Waals surface area contributed by atoms with Gasteiger partial charge in [0, 0.05) is 30.1 Å². The van der Waals surface area contributed by atoms with E-state index in [9.17, 15) is 9.90 Å². The van der Waals surface area contributed by atoms with Crippen molar-refractivity contribution >= 4 is 34.6 Å². The lowest BCUT2D eigenvalue weighted by Gasteiger charge is -2.32. The number of hydrogen-bond acceptors (Lipinski definition) is 5.